The third kappa shape index (κ3) is 4.20. The molecule has 2 saturated carbocycles. The van der Waals surface area contributed by atoms with E-state index in [-0.39, 0.29) is 11.6 Å². The van der Waals surface area contributed by atoms with E-state index in [0.29, 0.717) is 28.9 Å². The second-order valence-electron chi connectivity index (χ2n) is 9.35. The minimum absolute atomic E-state index is 0.0599. The van der Waals surface area contributed by atoms with E-state index in [1.54, 1.807) is 30.6 Å². The lowest BCUT2D eigenvalue weighted by Gasteiger charge is -2.13. The summed E-state index contributed by atoms with van der Waals surface area (Å²) in [5.74, 6) is 0.198. The smallest absolute Gasteiger partial charge is 0.259 e. The lowest BCUT2D eigenvalue weighted by molar-refractivity contribution is 0.102. The summed E-state index contributed by atoms with van der Waals surface area (Å²) in [7, 11) is 0. The zero-order chi connectivity index (χ0) is 23.9. The van der Waals surface area contributed by atoms with Crippen molar-refractivity contribution in [2.45, 2.75) is 57.4 Å². The third-order valence-electron chi connectivity index (χ3n) is 6.79. The number of amides is 1. The van der Waals surface area contributed by atoms with Gasteiger partial charge in [-0.1, -0.05) is 18.9 Å². The normalized spacial score (nSPS) is 16.1. The maximum absolute atomic E-state index is 14.8. The number of carbonyl (C=O) groups is 1. The summed E-state index contributed by atoms with van der Waals surface area (Å²) in [6.07, 6.45) is 10.3. The van der Waals surface area contributed by atoms with Crippen LogP contribution in [0, 0.1) is 12.7 Å². The first-order valence-electron chi connectivity index (χ1n) is 12.0. The molecule has 2 fully saturated rings. The first kappa shape index (κ1) is 21.6. The predicted molar refractivity (Wildman–Crippen MR) is 127 cm³/mol. The van der Waals surface area contributed by atoms with Gasteiger partial charge in [0.15, 0.2) is 0 Å². The molecular weight excluding hydrogens is 447 g/mol. The van der Waals surface area contributed by atoms with Gasteiger partial charge in [0, 0.05) is 12.1 Å². The standard InChI is InChI=1S/C25H25FN8O/c1-15-11-19(26)18(12-22(15)33-13-21(27-14-33)16-9-10-16)25(35)29-23-8-4-7-20(28-23)24-30-31-32-34(24)17-5-2-3-6-17/h4,7-8,11-14,16-17H,2-3,5-6,9-10H2,1H3,(H,28,29,35). The molecule has 3 aromatic heterocycles. The summed E-state index contributed by atoms with van der Waals surface area (Å²) in [6, 6.07) is 8.42. The van der Waals surface area contributed by atoms with Crippen molar-refractivity contribution in [1.82, 2.24) is 34.7 Å². The summed E-state index contributed by atoms with van der Waals surface area (Å²) >= 11 is 0. The third-order valence-corrected chi connectivity index (χ3v) is 6.79. The molecule has 0 aliphatic heterocycles. The van der Waals surface area contributed by atoms with E-state index in [2.05, 4.69) is 30.8 Å². The molecule has 1 aromatic carbocycles. The molecule has 0 spiro atoms. The number of nitrogens with one attached hydrogen (secondary N) is 1. The summed E-state index contributed by atoms with van der Waals surface area (Å²) < 4.78 is 18.5. The number of carbonyl (C=O) groups excluding carboxylic acids is 1. The molecule has 1 amide bonds. The Kier molecular flexibility index (Phi) is 5.35. The summed E-state index contributed by atoms with van der Waals surface area (Å²) in [4.78, 5) is 22.1. The Morgan fingerprint density at radius 3 is 2.77 bits per heavy atom. The average molecular weight is 473 g/mol. The van der Waals surface area contributed by atoms with Crippen molar-refractivity contribution in [2.75, 3.05) is 5.32 Å². The Labute approximate surface area is 201 Å². The molecule has 0 saturated heterocycles. The van der Waals surface area contributed by atoms with Crippen molar-refractivity contribution in [3.63, 3.8) is 0 Å². The highest BCUT2D eigenvalue weighted by Crippen LogP contribution is 2.39. The van der Waals surface area contributed by atoms with E-state index in [9.17, 15) is 9.18 Å². The van der Waals surface area contributed by atoms with Gasteiger partial charge >= 0.3 is 0 Å². The van der Waals surface area contributed by atoms with Gasteiger partial charge in [0.25, 0.3) is 5.91 Å². The summed E-state index contributed by atoms with van der Waals surface area (Å²) in [5, 5.41) is 14.9. The van der Waals surface area contributed by atoms with Crippen LogP contribution in [-0.4, -0.2) is 40.6 Å². The van der Waals surface area contributed by atoms with E-state index in [4.69, 9.17) is 0 Å². The Morgan fingerprint density at radius 2 is 1.97 bits per heavy atom. The van der Waals surface area contributed by atoms with Crippen LogP contribution in [-0.2, 0) is 0 Å². The number of imidazole rings is 1. The number of aromatic nitrogens is 7. The SMILES string of the molecule is Cc1cc(F)c(C(=O)Nc2cccc(-c3nnnn3C3CCCC3)n2)cc1-n1cnc(C2CC2)c1. The number of halogens is 1. The maximum atomic E-state index is 14.8. The Hall–Kier alpha value is -3.95. The van der Waals surface area contributed by atoms with Gasteiger partial charge in [0.1, 0.15) is 17.3 Å². The van der Waals surface area contributed by atoms with Crippen molar-refractivity contribution < 1.29 is 9.18 Å². The molecule has 0 unspecified atom stereocenters. The molecule has 0 atom stereocenters. The molecule has 9 nitrogen and oxygen atoms in total. The molecule has 2 aliphatic carbocycles. The number of benzene rings is 1. The minimum Gasteiger partial charge on any atom is -0.306 e. The average Bonchev–Trinajstić information content (AvgIpc) is 3.25. The highest BCUT2D eigenvalue weighted by molar-refractivity contribution is 6.04. The first-order chi connectivity index (χ1) is 17.1. The van der Waals surface area contributed by atoms with Crippen molar-refractivity contribution in [1.29, 1.82) is 0 Å². The number of hydrogen-bond donors (Lipinski definition) is 1. The molecule has 35 heavy (non-hydrogen) atoms. The highest BCUT2D eigenvalue weighted by Gasteiger charge is 2.26. The number of pyridine rings is 1. The van der Waals surface area contributed by atoms with Gasteiger partial charge in [0.05, 0.1) is 29.3 Å². The molecule has 0 bridgehead atoms. The minimum atomic E-state index is -0.590. The van der Waals surface area contributed by atoms with Crippen LogP contribution in [0.5, 0.6) is 0 Å². The van der Waals surface area contributed by atoms with Gasteiger partial charge in [-0.2, -0.15) is 0 Å². The number of anilines is 1. The van der Waals surface area contributed by atoms with E-state index in [1.165, 1.54) is 6.07 Å². The van der Waals surface area contributed by atoms with Crippen molar-refractivity contribution in [2.24, 2.45) is 0 Å². The molecule has 4 aromatic rings. The summed E-state index contributed by atoms with van der Waals surface area (Å²) in [5.41, 5.74) is 2.96. The molecule has 2 aliphatic rings. The molecular formula is C25H25FN8O. The lowest BCUT2D eigenvalue weighted by Crippen LogP contribution is -2.16. The van der Waals surface area contributed by atoms with Crippen LogP contribution in [0.2, 0.25) is 0 Å². The van der Waals surface area contributed by atoms with Crippen LogP contribution in [0.15, 0.2) is 42.9 Å². The fraction of sp³-hybridized carbons (Fsp3) is 0.360. The van der Waals surface area contributed by atoms with Gasteiger partial charge in [-0.25, -0.2) is 19.0 Å². The van der Waals surface area contributed by atoms with Crippen LogP contribution in [0.4, 0.5) is 10.2 Å². The van der Waals surface area contributed by atoms with Gasteiger partial charge in [-0.15, -0.1) is 5.10 Å². The largest absolute Gasteiger partial charge is 0.306 e. The van der Waals surface area contributed by atoms with Crippen LogP contribution in [0.1, 0.15) is 72.1 Å². The molecule has 6 rings (SSSR count). The first-order valence-corrected chi connectivity index (χ1v) is 12.0. The molecule has 1 N–H and O–H groups in total. The van der Waals surface area contributed by atoms with Crippen LogP contribution in [0.25, 0.3) is 17.2 Å². The zero-order valence-electron chi connectivity index (χ0n) is 19.4. The Morgan fingerprint density at radius 1 is 1.14 bits per heavy atom. The molecule has 178 valence electrons. The molecule has 3 heterocycles. The molecule has 10 heteroatoms. The zero-order valence-corrected chi connectivity index (χ0v) is 19.4. The van der Waals surface area contributed by atoms with Gasteiger partial charge < -0.3 is 9.88 Å². The van der Waals surface area contributed by atoms with Gasteiger partial charge in [-0.05, 0) is 72.9 Å². The Bertz CT molecular complexity index is 1400. The van der Waals surface area contributed by atoms with E-state index in [0.717, 1.165) is 49.8 Å². The fourth-order valence-electron chi connectivity index (χ4n) is 4.74. The number of tetrazole rings is 1. The number of nitrogens with zero attached hydrogens (tertiary/aromatic N) is 7. The number of rotatable bonds is 6. The van der Waals surface area contributed by atoms with Crippen LogP contribution in [0.3, 0.4) is 0 Å². The van der Waals surface area contributed by atoms with Gasteiger partial charge in [-0.3, -0.25) is 4.79 Å². The highest BCUT2D eigenvalue weighted by atomic mass is 19.1. The Balaban J connectivity index is 1.26. The van der Waals surface area contributed by atoms with E-state index < -0.39 is 11.7 Å². The van der Waals surface area contributed by atoms with Crippen molar-refractivity contribution in [3.8, 4) is 17.2 Å². The monoisotopic (exact) mass is 472 g/mol. The second kappa shape index (κ2) is 8.68. The van der Waals surface area contributed by atoms with Crippen molar-refractivity contribution >= 4 is 11.7 Å². The van der Waals surface area contributed by atoms with Crippen molar-refractivity contribution in [3.05, 3.63) is 65.5 Å². The summed E-state index contributed by atoms with van der Waals surface area (Å²) in [6.45, 7) is 1.82. The second-order valence-corrected chi connectivity index (χ2v) is 9.35. The lowest BCUT2D eigenvalue weighted by atomic mass is 10.1. The van der Waals surface area contributed by atoms with Crippen LogP contribution < -0.4 is 5.32 Å². The van der Waals surface area contributed by atoms with Crippen LogP contribution >= 0.6 is 0 Å². The predicted octanol–water partition coefficient (Wildman–Crippen LogP) is 4.61. The number of hydrogen-bond acceptors (Lipinski definition) is 6. The topological polar surface area (TPSA) is 103 Å². The van der Waals surface area contributed by atoms with Gasteiger partial charge in [0.2, 0.25) is 5.82 Å². The number of aryl methyl sites for hydroxylation is 1. The van der Waals surface area contributed by atoms with E-state index in [1.807, 2.05) is 22.4 Å². The quantitative estimate of drug-likeness (QED) is 0.439. The van der Waals surface area contributed by atoms with E-state index >= 15 is 0 Å². The maximum Gasteiger partial charge on any atom is 0.259 e. The molecule has 0 radical (unpaired) electrons. The fourth-order valence-corrected chi connectivity index (χ4v) is 4.74.